The molecule has 1 fully saturated rings. The molecule has 0 unspecified atom stereocenters. The molecule has 0 radical (unpaired) electrons. The quantitative estimate of drug-likeness (QED) is 0.637. The third-order valence-corrected chi connectivity index (χ3v) is 2.69. The van der Waals surface area contributed by atoms with Gasteiger partial charge in [0, 0.05) is 18.1 Å². The van der Waals surface area contributed by atoms with Crippen molar-refractivity contribution in [3.63, 3.8) is 0 Å². The number of hydrogen-bond donors (Lipinski definition) is 2. The van der Waals surface area contributed by atoms with E-state index in [0.717, 1.165) is 6.54 Å². The molecule has 0 aromatic carbocycles. The first kappa shape index (κ1) is 9.01. The minimum absolute atomic E-state index is 0.435. The van der Waals surface area contributed by atoms with E-state index in [1.165, 1.54) is 19.3 Å². The van der Waals surface area contributed by atoms with Gasteiger partial charge in [0.2, 0.25) is 0 Å². The largest absolute Gasteiger partial charge is 0.313 e. The summed E-state index contributed by atoms with van der Waals surface area (Å²) in [5.74, 6) is 0. The second kappa shape index (κ2) is 3.55. The van der Waals surface area contributed by atoms with Crippen LogP contribution in [0.25, 0.3) is 0 Å². The highest BCUT2D eigenvalue weighted by Crippen LogP contribution is 2.30. The zero-order valence-electron chi connectivity index (χ0n) is 7.91. The summed E-state index contributed by atoms with van der Waals surface area (Å²) < 4.78 is 0. The highest BCUT2D eigenvalue weighted by atomic mass is 15.0. The third kappa shape index (κ3) is 2.17. The van der Waals surface area contributed by atoms with Gasteiger partial charge in [-0.3, -0.25) is 0 Å². The standard InChI is InChI=1S/C9H20N2/c1-8(2)11-7-9(10-3)5-4-6-9/h8,10-11H,4-7H2,1-3H3. The molecule has 0 heterocycles. The molecule has 0 atom stereocenters. The molecule has 2 heteroatoms. The molecule has 1 aliphatic carbocycles. The third-order valence-electron chi connectivity index (χ3n) is 2.69. The predicted octanol–water partition coefficient (Wildman–Crippen LogP) is 1.13. The van der Waals surface area contributed by atoms with Crippen LogP contribution in [0.15, 0.2) is 0 Å². The van der Waals surface area contributed by atoms with Gasteiger partial charge in [0.1, 0.15) is 0 Å². The smallest absolute Gasteiger partial charge is 0.0303 e. The van der Waals surface area contributed by atoms with Gasteiger partial charge in [0.05, 0.1) is 0 Å². The summed E-state index contributed by atoms with van der Waals surface area (Å²) in [5.41, 5.74) is 0.435. The van der Waals surface area contributed by atoms with Crippen molar-refractivity contribution in [2.45, 2.75) is 44.7 Å². The fraction of sp³-hybridized carbons (Fsp3) is 1.00. The van der Waals surface area contributed by atoms with E-state index in [1.54, 1.807) is 0 Å². The first-order valence-corrected chi connectivity index (χ1v) is 4.61. The van der Waals surface area contributed by atoms with Gasteiger partial charge in [0.25, 0.3) is 0 Å². The fourth-order valence-corrected chi connectivity index (χ4v) is 1.52. The number of rotatable bonds is 4. The maximum absolute atomic E-state index is 3.48. The molecule has 2 N–H and O–H groups in total. The van der Waals surface area contributed by atoms with Crippen LogP contribution < -0.4 is 10.6 Å². The molecule has 2 nitrogen and oxygen atoms in total. The molecule has 0 aromatic rings. The molecule has 0 spiro atoms. The van der Waals surface area contributed by atoms with E-state index < -0.39 is 0 Å². The van der Waals surface area contributed by atoms with Crippen LogP contribution in [0.4, 0.5) is 0 Å². The van der Waals surface area contributed by atoms with E-state index in [4.69, 9.17) is 0 Å². The summed E-state index contributed by atoms with van der Waals surface area (Å²) in [6, 6.07) is 0.612. The predicted molar refractivity (Wildman–Crippen MR) is 48.8 cm³/mol. The molecule has 1 rings (SSSR count). The Hall–Kier alpha value is -0.0800. The van der Waals surface area contributed by atoms with Crippen molar-refractivity contribution in [2.24, 2.45) is 0 Å². The Balaban J connectivity index is 2.22. The van der Waals surface area contributed by atoms with Crippen LogP contribution in [0.5, 0.6) is 0 Å². The van der Waals surface area contributed by atoms with Crippen molar-refractivity contribution < 1.29 is 0 Å². The normalized spacial score (nSPS) is 21.8. The van der Waals surface area contributed by atoms with E-state index in [-0.39, 0.29) is 0 Å². The summed E-state index contributed by atoms with van der Waals surface area (Å²) in [6.07, 6.45) is 4.06. The summed E-state index contributed by atoms with van der Waals surface area (Å²) in [4.78, 5) is 0. The number of likely N-dealkylation sites (N-methyl/N-ethyl adjacent to an activating group) is 1. The molecule has 0 saturated heterocycles. The van der Waals surface area contributed by atoms with Gasteiger partial charge in [-0.15, -0.1) is 0 Å². The highest BCUT2D eigenvalue weighted by molar-refractivity contribution is 4.96. The Morgan fingerprint density at radius 2 is 2.00 bits per heavy atom. The van der Waals surface area contributed by atoms with Gasteiger partial charge in [-0.25, -0.2) is 0 Å². The minimum Gasteiger partial charge on any atom is -0.313 e. The lowest BCUT2D eigenvalue weighted by Crippen LogP contribution is -2.56. The van der Waals surface area contributed by atoms with Gasteiger partial charge < -0.3 is 10.6 Å². The molecular weight excluding hydrogens is 136 g/mol. The zero-order chi connectivity index (χ0) is 8.32. The van der Waals surface area contributed by atoms with E-state index >= 15 is 0 Å². The van der Waals surface area contributed by atoms with Crippen LogP contribution in [0, 0.1) is 0 Å². The molecule has 66 valence electrons. The number of nitrogens with one attached hydrogen (secondary N) is 2. The summed E-state index contributed by atoms with van der Waals surface area (Å²) >= 11 is 0. The second-order valence-corrected chi connectivity index (χ2v) is 3.92. The molecule has 0 amide bonds. The van der Waals surface area contributed by atoms with Crippen molar-refractivity contribution in [3.05, 3.63) is 0 Å². The molecule has 11 heavy (non-hydrogen) atoms. The maximum Gasteiger partial charge on any atom is 0.0303 e. The van der Waals surface area contributed by atoms with Crippen LogP contribution in [0.3, 0.4) is 0 Å². The monoisotopic (exact) mass is 156 g/mol. The number of hydrogen-bond acceptors (Lipinski definition) is 2. The molecule has 1 aliphatic rings. The Morgan fingerprint density at radius 1 is 1.36 bits per heavy atom. The SMILES string of the molecule is CNC1(CNC(C)C)CCC1. The van der Waals surface area contributed by atoms with Gasteiger partial charge in [0.15, 0.2) is 0 Å². The van der Waals surface area contributed by atoms with Gasteiger partial charge in [-0.2, -0.15) is 0 Å². The average molecular weight is 156 g/mol. The van der Waals surface area contributed by atoms with E-state index in [9.17, 15) is 0 Å². The Labute approximate surface area is 69.8 Å². The lowest BCUT2D eigenvalue weighted by atomic mass is 9.77. The Kier molecular flexibility index (Phi) is 2.90. The minimum atomic E-state index is 0.435. The molecule has 0 bridgehead atoms. The van der Waals surface area contributed by atoms with Crippen LogP contribution in [0.1, 0.15) is 33.1 Å². The summed E-state index contributed by atoms with van der Waals surface area (Å²) in [5, 5.41) is 6.88. The zero-order valence-corrected chi connectivity index (χ0v) is 7.91. The van der Waals surface area contributed by atoms with Crippen molar-refractivity contribution in [1.82, 2.24) is 10.6 Å². The van der Waals surface area contributed by atoms with Crippen molar-refractivity contribution in [3.8, 4) is 0 Å². The summed E-state index contributed by atoms with van der Waals surface area (Å²) in [6.45, 7) is 5.52. The molecule has 0 aliphatic heterocycles. The van der Waals surface area contributed by atoms with Crippen LogP contribution in [-0.4, -0.2) is 25.2 Å². The average Bonchev–Trinajstić information content (AvgIpc) is 1.86. The highest BCUT2D eigenvalue weighted by Gasteiger charge is 2.34. The van der Waals surface area contributed by atoms with Crippen LogP contribution in [-0.2, 0) is 0 Å². The maximum atomic E-state index is 3.48. The van der Waals surface area contributed by atoms with E-state index in [1.807, 2.05) is 0 Å². The topological polar surface area (TPSA) is 24.1 Å². The first-order chi connectivity index (χ1) is 5.18. The second-order valence-electron chi connectivity index (χ2n) is 3.92. The van der Waals surface area contributed by atoms with Crippen molar-refractivity contribution >= 4 is 0 Å². The first-order valence-electron chi connectivity index (χ1n) is 4.61. The lowest BCUT2D eigenvalue weighted by Gasteiger charge is -2.42. The van der Waals surface area contributed by atoms with Gasteiger partial charge in [-0.1, -0.05) is 13.8 Å². The van der Waals surface area contributed by atoms with E-state index in [0.29, 0.717) is 11.6 Å². The Morgan fingerprint density at radius 3 is 2.27 bits per heavy atom. The fourth-order valence-electron chi connectivity index (χ4n) is 1.52. The van der Waals surface area contributed by atoms with Crippen LogP contribution >= 0.6 is 0 Å². The van der Waals surface area contributed by atoms with Crippen molar-refractivity contribution in [1.29, 1.82) is 0 Å². The van der Waals surface area contributed by atoms with Crippen LogP contribution in [0.2, 0.25) is 0 Å². The molecular formula is C9H20N2. The summed E-state index contributed by atoms with van der Waals surface area (Å²) in [7, 11) is 2.07. The lowest BCUT2D eigenvalue weighted by molar-refractivity contribution is 0.188. The van der Waals surface area contributed by atoms with Gasteiger partial charge >= 0.3 is 0 Å². The molecule has 1 saturated carbocycles. The Bertz CT molecular complexity index is 111. The van der Waals surface area contributed by atoms with E-state index in [2.05, 4.69) is 31.5 Å². The van der Waals surface area contributed by atoms with Crippen molar-refractivity contribution in [2.75, 3.05) is 13.6 Å². The van der Waals surface area contributed by atoms with Gasteiger partial charge in [-0.05, 0) is 26.3 Å². The molecule has 0 aromatic heterocycles.